The highest BCUT2D eigenvalue weighted by Crippen LogP contribution is 2.09. The molecule has 4 aromatic rings. The number of fused-ring (bicyclic) bond motifs is 2. The van der Waals surface area contributed by atoms with Crippen molar-refractivity contribution in [1.29, 1.82) is 0 Å². The van der Waals surface area contributed by atoms with Gasteiger partial charge in [0.15, 0.2) is 0 Å². The molecule has 0 aliphatic carbocycles. The van der Waals surface area contributed by atoms with E-state index in [1.807, 2.05) is 116 Å². The van der Waals surface area contributed by atoms with Crippen LogP contribution in [0.15, 0.2) is 85.2 Å². The Bertz CT molecular complexity index is 767. The summed E-state index contributed by atoms with van der Waals surface area (Å²) in [4.78, 5) is 8.36. The second kappa shape index (κ2) is 27.3. The van der Waals surface area contributed by atoms with Crippen molar-refractivity contribution in [1.82, 2.24) is 9.97 Å². The molecule has 38 heavy (non-hydrogen) atoms. The molecule has 0 N–H and O–H groups in total. The highest BCUT2D eigenvalue weighted by molar-refractivity contribution is 5.78. The van der Waals surface area contributed by atoms with E-state index in [0.29, 0.717) is 10.8 Å². The fourth-order valence-electron chi connectivity index (χ4n) is 2.03. The van der Waals surface area contributed by atoms with Gasteiger partial charge in [-0.2, -0.15) is 0 Å². The van der Waals surface area contributed by atoms with Crippen LogP contribution in [0.3, 0.4) is 0 Å². The molecular weight excluding hydrogens is 460 g/mol. The highest BCUT2D eigenvalue weighted by atomic mass is 14.6. The van der Waals surface area contributed by atoms with E-state index in [1.165, 1.54) is 10.8 Å². The summed E-state index contributed by atoms with van der Waals surface area (Å²) < 4.78 is 0. The van der Waals surface area contributed by atoms with Gasteiger partial charge in [-0.3, -0.25) is 9.97 Å². The highest BCUT2D eigenvalue weighted by Gasteiger charge is 1.96. The van der Waals surface area contributed by atoms with Gasteiger partial charge in [-0.1, -0.05) is 159 Å². The summed E-state index contributed by atoms with van der Waals surface area (Å²) in [6, 6.07) is 24.2. The van der Waals surface area contributed by atoms with Crippen LogP contribution in [0.25, 0.3) is 21.8 Å². The van der Waals surface area contributed by atoms with Gasteiger partial charge in [0, 0.05) is 23.2 Å². The predicted octanol–water partition coefficient (Wildman–Crippen LogP) is 12.7. The Morgan fingerprint density at radius 3 is 0.816 bits per heavy atom. The fraction of sp³-hybridized carbons (Fsp3) is 0.500. The third-order valence-corrected chi connectivity index (χ3v) is 3.02. The molecule has 2 aromatic carbocycles. The summed E-state index contributed by atoms with van der Waals surface area (Å²) in [6.07, 6.45) is 3.62. The lowest BCUT2D eigenvalue weighted by Crippen LogP contribution is -1.93. The summed E-state index contributed by atoms with van der Waals surface area (Å²) in [6.45, 7) is 33.5. The minimum Gasteiger partial charge on any atom is -0.256 e. The molecule has 2 heterocycles. The average molecular weight is 523 g/mol. The number of pyridine rings is 2. The van der Waals surface area contributed by atoms with E-state index in [4.69, 9.17) is 0 Å². The van der Waals surface area contributed by atoms with E-state index < -0.39 is 0 Å². The van der Waals surface area contributed by atoms with Crippen molar-refractivity contribution in [3.63, 3.8) is 0 Å². The zero-order chi connectivity index (χ0) is 30.6. The maximum Gasteiger partial charge on any atom is 0.0701 e. The molecule has 0 saturated carbocycles. The third kappa shape index (κ3) is 31.3. The first kappa shape index (κ1) is 42.4. The van der Waals surface area contributed by atoms with Crippen molar-refractivity contribution < 1.29 is 0 Å². The lowest BCUT2D eigenvalue weighted by atomic mass is 10.0. The summed E-state index contributed by atoms with van der Waals surface area (Å²) in [5, 5.41) is 2.40. The van der Waals surface area contributed by atoms with Crippen molar-refractivity contribution >= 4 is 21.8 Å². The van der Waals surface area contributed by atoms with Gasteiger partial charge >= 0.3 is 0 Å². The van der Waals surface area contributed by atoms with E-state index >= 15 is 0 Å². The van der Waals surface area contributed by atoms with E-state index in [1.54, 1.807) is 0 Å². The Hall–Kier alpha value is -2.74. The van der Waals surface area contributed by atoms with Crippen LogP contribution in [0.1, 0.15) is 111 Å². The normalized spacial score (nSPS) is 9.05. The first-order valence-electron chi connectivity index (χ1n) is 14.5. The molecule has 2 heteroatoms. The molecule has 0 saturated heterocycles. The van der Waals surface area contributed by atoms with Gasteiger partial charge in [-0.25, -0.2) is 0 Å². The van der Waals surface area contributed by atoms with Gasteiger partial charge in [0.05, 0.1) is 11.0 Å². The zero-order valence-electron chi connectivity index (χ0n) is 28.0. The molecule has 216 valence electrons. The van der Waals surface area contributed by atoms with Crippen LogP contribution in [0.5, 0.6) is 0 Å². The first-order valence-corrected chi connectivity index (χ1v) is 14.5. The molecule has 0 amide bonds. The third-order valence-electron chi connectivity index (χ3n) is 3.02. The zero-order valence-corrected chi connectivity index (χ0v) is 28.0. The molecule has 0 fully saturated rings. The monoisotopic (exact) mass is 522 g/mol. The van der Waals surface area contributed by atoms with Crippen molar-refractivity contribution in [3.05, 3.63) is 85.2 Å². The molecule has 0 radical (unpaired) electrons. The molecule has 0 unspecified atom stereocenters. The van der Waals surface area contributed by atoms with Gasteiger partial charge in [-0.05, 0) is 35.1 Å². The molecule has 0 bridgehead atoms. The van der Waals surface area contributed by atoms with Gasteiger partial charge < -0.3 is 0 Å². The van der Waals surface area contributed by atoms with Gasteiger partial charge in [0.25, 0.3) is 0 Å². The molecule has 0 atom stereocenters. The van der Waals surface area contributed by atoms with Crippen LogP contribution in [0.4, 0.5) is 0 Å². The number of hydrogen-bond acceptors (Lipinski definition) is 2. The van der Waals surface area contributed by atoms with Crippen LogP contribution in [0.2, 0.25) is 0 Å². The Morgan fingerprint density at radius 1 is 0.368 bits per heavy atom. The molecule has 2 aromatic heterocycles. The lowest BCUT2D eigenvalue weighted by molar-refractivity contribution is 0.469. The first-order chi connectivity index (χ1) is 17.9. The largest absolute Gasteiger partial charge is 0.256 e. The number of nitrogens with zero attached hydrogens (tertiary/aromatic N) is 2. The van der Waals surface area contributed by atoms with Crippen LogP contribution in [-0.2, 0) is 0 Å². The summed E-state index contributed by atoms with van der Waals surface area (Å²) >= 11 is 0. The molecule has 0 spiro atoms. The van der Waals surface area contributed by atoms with E-state index in [0.717, 1.165) is 11.0 Å². The maximum atomic E-state index is 4.18. The molecule has 0 aliphatic rings. The van der Waals surface area contributed by atoms with Crippen molar-refractivity contribution in [3.8, 4) is 0 Å². The van der Waals surface area contributed by atoms with Gasteiger partial charge in [0.2, 0.25) is 0 Å². The van der Waals surface area contributed by atoms with E-state index in [2.05, 4.69) is 89.6 Å². The predicted molar refractivity (Wildman–Crippen MR) is 179 cm³/mol. The van der Waals surface area contributed by atoms with E-state index in [-0.39, 0.29) is 0 Å². The van der Waals surface area contributed by atoms with Crippen LogP contribution < -0.4 is 0 Å². The topological polar surface area (TPSA) is 25.8 Å². The molecule has 2 nitrogen and oxygen atoms in total. The summed E-state index contributed by atoms with van der Waals surface area (Å²) in [7, 11) is 0. The number of para-hydroxylation sites is 2. The second-order valence-electron chi connectivity index (χ2n) is 10.4. The summed E-state index contributed by atoms with van der Waals surface area (Å²) in [5.74, 6) is 0. The molecule has 4 rings (SSSR count). The number of benzene rings is 2. The number of rotatable bonds is 0. The molecule has 0 aliphatic heterocycles. The standard InChI is InChI=1S/2C9H7N.2C5H12.4C2H6/c2*1-2-6-9-8(4-1)5-3-7-10-9;2*1-5(2,3)4;4*1-2/h2*1-7H;2*1-4H3;4*1-2H3. The van der Waals surface area contributed by atoms with E-state index in [9.17, 15) is 0 Å². The smallest absolute Gasteiger partial charge is 0.0701 e. The number of aromatic nitrogens is 2. The Morgan fingerprint density at radius 2 is 0.579 bits per heavy atom. The van der Waals surface area contributed by atoms with Crippen LogP contribution >= 0.6 is 0 Å². The maximum absolute atomic E-state index is 4.18. The Kier molecular flexibility index (Phi) is 30.4. The van der Waals surface area contributed by atoms with Crippen molar-refractivity contribution in [2.75, 3.05) is 0 Å². The Balaban J connectivity index is -0.000000194. The minimum absolute atomic E-state index is 0.500. The SMILES string of the molecule is CC.CC.CC.CC.CC(C)(C)C.CC(C)(C)C.c1ccc2ncccc2c1.c1ccc2ncccc2c1. The minimum atomic E-state index is 0.500. The number of hydrogen-bond donors (Lipinski definition) is 0. The second-order valence-corrected chi connectivity index (χ2v) is 10.4. The van der Waals surface area contributed by atoms with Gasteiger partial charge in [-0.15, -0.1) is 0 Å². The lowest BCUT2D eigenvalue weighted by Gasteiger charge is -2.05. The van der Waals surface area contributed by atoms with Crippen molar-refractivity contribution in [2.24, 2.45) is 10.8 Å². The summed E-state index contributed by atoms with van der Waals surface area (Å²) in [5.41, 5.74) is 3.12. The quantitative estimate of drug-likeness (QED) is 0.229. The van der Waals surface area contributed by atoms with Crippen molar-refractivity contribution in [2.45, 2.75) is 111 Å². The van der Waals surface area contributed by atoms with Gasteiger partial charge in [0.1, 0.15) is 0 Å². The average Bonchev–Trinajstić information content (AvgIpc) is 2.92. The van der Waals surface area contributed by atoms with Crippen LogP contribution in [0, 0.1) is 10.8 Å². The molecular formula is C36H62N2. The Labute approximate surface area is 238 Å². The fourth-order valence-corrected chi connectivity index (χ4v) is 2.03. The van der Waals surface area contributed by atoms with Crippen LogP contribution in [-0.4, -0.2) is 9.97 Å².